The maximum absolute atomic E-state index is 4.46. The first-order chi connectivity index (χ1) is 6.77. The van der Waals surface area contributed by atoms with Crippen molar-refractivity contribution in [3.8, 4) is 0 Å². The Morgan fingerprint density at radius 1 is 1.29 bits per heavy atom. The summed E-state index contributed by atoms with van der Waals surface area (Å²) in [5, 5.41) is 0. The van der Waals surface area contributed by atoms with Crippen molar-refractivity contribution in [2.75, 3.05) is 0 Å². The van der Waals surface area contributed by atoms with Crippen LogP contribution < -0.4 is 0 Å². The van der Waals surface area contributed by atoms with Gasteiger partial charge in [-0.3, -0.25) is 4.98 Å². The zero-order valence-corrected chi connectivity index (χ0v) is 8.70. The fraction of sp³-hybridized carbons (Fsp3) is 0.308. The minimum Gasteiger partial charge on any atom is -0.256 e. The van der Waals surface area contributed by atoms with Crippen molar-refractivity contribution in [2.24, 2.45) is 0 Å². The number of hydrogen-bond acceptors (Lipinski definition) is 1. The Hall–Kier alpha value is -1.37. The van der Waals surface area contributed by atoms with Crippen molar-refractivity contribution < 1.29 is 0 Å². The van der Waals surface area contributed by atoms with Crippen LogP contribution in [0.4, 0.5) is 0 Å². The van der Waals surface area contributed by atoms with E-state index in [1.54, 1.807) is 0 Å². The minimum atomic E-state index is 0.560. The normalized spacial score (nSPS) is 14.9. The second-order valence-electron chi connectivity index (χ2n) is 3.93. The molecule has 2 rings (SSSR count). The fourth-order valence-electron chi connectivity index (χ4n) is 1.57. The molecule has 0 unspecified atom stereocenters. The van der Waals surface area contributed by atoms with Gasteiger partial charge in [0.25, 0.3) is 0 Å². The van der Waals surface area contributed by atoms with E-state index in [0.717, 1.165) is 12.1 Å². The zero-order valence-electron chi connectivity index (χ0n) is 8.70. The van der Waals surface area contributed by atoms with Crippen LogP contribution in [0.3, 0.4) is 0 Å². The summed E-state index contributed by atoms with van der Waals surface area (Å²) in [6.07, 6.45) is 9.53. The molecular weight excluding hydrogens is 170 g/mol. The van der Waals surface area contributed by atoms with Gasteiger partial charge in [0, 0.05) is 6.20 Å². The van der Waals surface area contributed by atoms with Gasteiger partial charge < -0.3 is 0 Å². The van der Waals surface area contributed by atoms with Crippen LogP contribution in [0.1, 0.15) is 37.4 Å². The van der Waals surface area contributed by atoms with Gasteiger partial charge in [0.1, 0.15) is 0 Å². The molecule has 0 atom stereocenters. The Labute approximate surface area is 85.2 Å². The van der Waals surface area contributed by atoms with Gasteiger partial charge in [0.05, 0.1) is 5.69 Å². The lowest BCUT2D eigenvalue weighted by atomic mass is 10.0. The molecule has 1 aliphatic rings. The molecule has 0 saturated carbocycles. The van der Waals surface area contributed by atoms with Gasteiger partial charge in [-0.2, -0.15) is 0 Å². The Kier molecular flexibility index (Phi) is 2.49. The van der Waals surface area contributed by atoms with E-state index < -0.39 is 0 Å². The van der Waals surface area contributed by atoms with E-state index in [4.69, 9.17) is 0 Å². The fourth-order valence-corrected chi connectivity index (χ4v) is 1.57. The third-order valence-electron chi connectivity index (χ3n) is 2.52. The third-order valence-corrected chi connectivity index (χ3v) is 2.52. The molecular formula is C13H15N. The second-order valence-corrected chi connectivity index (χ2v) is 3.93. The quantitative estimate of drug-likeness (QED) is 0.686. The molecule has 1 aromatic heterocycles. The predicted molar refractivity (Wildman–Crippen MR) is 60.1 cm³/mol. The standard InChI is InChI=1S/C13H15N/c1-10(2)12-7-8-13(14-9-12)11-5-3-4-6-11/h3,5-10H,4H2,1-2H3. The first-order valence-electron chi connectivity index (χ1n) is 5.10. The Morgan fingerprint density at radius 2 is 2.14 bits per heavy atom. The molecule has 1 aromatic rings. The molecule has 1 heteroatoms. The van der Waals surface area contributed by atoms with Crippen molar-refractivity contribution in [1.82, 2.24) is 4.98 Å². The number of nitrogens with zero attached hydrogens (tertiary/aromatic N) is 1. The summed E-state index contributed by atoms with van der Waals surface area (Å²) in [4.78, 5) is 4.46. The lowest BCUT2D eigenvalue weighted by molar-refractivity contribution is 0.857. The maximum atomic E-state index is 4.46. The zero-order chi connectivity index (χ0) is 9.97. The molecule has 0 amide bonds. The largest absolute Gasteiger partial charge is 0.256 e. The summed E-state index contributed by atoms with van der Waals surface area (Å²) in [6.45, 7) is 4.37. The maximum Gasteiger partial charge on any atom is 0.0698 e. The number of pyridine rings is 1. The van der Waals surface area contributed by atoms with Crippen LogP contribution in [-0.4, -0.2) is 4.98 Å². The van der Waals surface area contributed by atoms with E-state index in [2.05, 4.69) is 49.2 Å². The van der Waals surface area contributed by atoms with Gasteiger partial charge in [-0.25, -0.2) is 0 Å². The summed E-state index contributed by atoms with van der Waals surface area (Å²) < 4.78 is 0. The summed E-state index contributed by atoms with van der Waals surface area (Å²) in [7, 11) is 0. The van der Waals surface area contributed by atoms with Crippen molar-refractivity contribution >= 4 is 5.57 Å². The van der Waals surface area contributed by atoms with Crippen molar-refractivity contribution in [2.45, 2.75) is 26.2 Å². The van der Waals surface area contributed by atoms with Gasteiger partial charge in [0.15, 0.2) is 0 Å². The molecule has 72 valence electrons. The number of rotatable bonds is 2. The molecule has 0 aliphatic heterocycles. The Morgan fingerprint density at radius 3 is 2.64 bits per heavy atom. The van der Waals surface area contributed by atoms with Crippen LogP contribution in [0, 0.1) is 0 Å². The summed E-state index contributed by atoms with van der Waals surface area (Å²) in [6, 6.07) is 4.27. The van der Waals surface area contributed by atoms with Gasteiger partial charge in [0.2, 0.25) is 0 Å². The first-order valence-corrected chi connectivity index (χ1v) is 5.10. The molecule has 0 radical (unpaired) electrons. The summed E-state index contributed by atoms with van der Waals surface area (Å²) >= 11 is 0. The van der Waals surface area contributed by atoms with E-state index in [9.17, 15) is 0 Å². The van der Waals surface area contributed by atoms with Gasteiger partial charge in [-0.15, -0.1) is 0 Å². The molecule has 0 spiro atoms. The molecule has 14 heavy (non-hydrogen) atoms. The first kappa shape index (κ1) is 9.20. The van der Waals surface area contributed by atoms with E-state index in [-0.39, 0.29) is 0 Å². The van der Waals surface area contributed by atoms with Gasteiger partial charge >= 0.3 is 0 Å². The molecule has 1 nitrogen and oxygen atoms in total. The Balaban J connectivity index is 2.26. The average Bonchev–Trinajstić information content (AvgIpc) is 2.71. The molecule has 0 fully saturated rings. The van der Waals surface area contributed by atoms with E-state index in [1.165, 1.54) is 11.1 Å². The smallest absolute Gasteiger partial charge is 0.0698 e. The monoisotopic (exact) mass is 185 g/mol. The van der Waals surface area contributed by atoms with Crippen LogP contribution >= 0.6 is 0 Å². The predicted octanol–water partition coefficient (Wildman–Crippen LogP) is 3.55. The average molecular weight is 185 g/mol. The molecule has 0 bridgehead atoms. The molecule has 1 heterocycles. The number of allylic oxidation sites excluding steroid dienone is 4. The van der Waals surface area contributed by atoms with Crippen molar-refractivity contribution in [3.63, 3.8) is 0 Å². The Bertz CT molecular complexity index is 369. The summed E-state index contributed by atoms with van der Waals surface area (Å²) in [5.74, 6) is 0.560. The molecule has 0 N–H and O–H groups in total. The number of hydrogen-bond donors (Lipinski definition) is 0. The van der Waals surface area contributed by atoms with Gasteiger partial charge in [-0.05, 0) is 29.5 Å². The van der Waals surface area contributed by atoms with Crippen molar-refractivity contribution in [3.05, 3.63) is 47.8 Å². The minimum absolute atomic E-state index is 0.560. The van der Waals surface area contributed by atoms with Crippen LogP contribution in [0.2, 0.25) is 0 Å². The van der Waals surface area contributed by atoms with Crippen LogP contribution in [0.25, 0.3) is 5.57 Å². The lowest BCUT2D eigenvalue weighted by Crippen LogP contribution is -1.91. The highest BCUT2D eigenvalue weighted by Crippen LogP contribution is 2.21. The van der Waals surface area contributed by atoms with Gasteiger partial charge in [-0.1, -0.05) is 38.1 Å². The molecule has 0 aromatic carbocycles. The second kappa shape index (κ2) is 3.79. The molecule has 0 saturated heterocycles. The highest BCUT2D eigenvalue weighted by molar-refractivity contribution is 5.73. The summed E-state index contributed by atoms with van der Waals surface area (Å²) in [5.41, 5.74) is 3.64. The SMILES string of the molecule is CC(C)c1ccc(C2=CCC=C2)nc1. The van der Waals surface area contributed by atoms with E-state index in [1.807, 2.05) is 6.20 Å². The van der Waals surface area contributed by atoms with Crippen LogP contribution in [-0.2, 0) is 0 Å². The van der Waals surface area contributed by atoms with Crippen molar-refractivity contribution in [1.29, 1.82) is 0 Å². The third kappa shape index (κ3) is 1.77. The topological polar surface area (TPSA) is 12.9 Å². The highest BCUT2D eigenvalue weighted by atomic mass is 14.7. The highest BCUT2D eigenvalue weighted by Gasteiger charge is 2.04. The van der Waals surface area contributed by atoms with Crippen LogP contribution in [0.5, 0.6) is 0 Å². The van der Waals surface area contributed by atoms with E-state index in [0.29, 0.717) is 5.92 Å². The lowest BCUT2D eigenvalue weighted by Gasteiger charge is -2.05. The number of aromatic nitrogens is 1. The van der Waals surface area contributed by atoms with E-state index >= 15 is 0 Å². The molecule has 1 aliphatic carbocycles. The van der Waals surface area contributed by atoms with Crippen LogP contribution in [0.15, 0.2) is 36.6 Å².